The highest BCUT2D eigenvalue weighted by atomic mass is 35.5. The van der Waals surface area contributed by atoms with Gasteiger partial charge in [0.2, 0.25) is 0 Å². The van der Waals surface area contributed by atoms with Gasteiger partial charge in [0.25, 0.3) is 0 Å². The quantitative estimate of drug-likeness (QED) is 0.888. The van der Waals surface area contributed by atoms with Crippen molar-refractivity contribution in [2.24, 2.45) is 0 Å². The maximum Gasteiger partial charge on any atom is 0.0948 e. The molecule has 0 radical (unpaired) electrons. The van der Waals surface area contributed by atoms with Crippen molar-refractivity contribution in [1.29, 1.82) is 0 Å². The summed E-state index contributed by atoms with van der Waals surface area (Å²) in [5.41, 5.74) is 3.32. The van der Waals surface area contributed by atoms with E-state index < -0.39 is 0 Å². The zero-order chi connectivity index (χ0) is 13.0. The Balaban J connectivity index is 2.02. The van der Waals surface area contributed by atoms with E-state index in [0.29, 0.717) is 0 Å². The third-order valence-electron chi connectivity index (χ3n) is 2.91. The lowest BCUT2D eigenvalue weighted by Gasteiger charge is -2.10. The lowest BCUT2D eigenvalue weighted by Crippen LogP contribution is -2.06. The van der Waals surface area contributed by atoms with E-state index in [4.69, 9.17) is 11.6 Å². The summed E-state index contributed by atoms with van der Waals surface area (Å²) in [7, 11) is 0. The lowest BCUT2D eigenvalue weighted by molar-refractivity contribution is 0.651. The van der Waals surface area contributed by atoms with Crippen LogP contribution in [0.3, 0.4) is 0 Å². The number of hydrogen-bond donors (Lipinski definition) is 1. The first-order chi connectivity index (χ1) is 8.70. The number of imidazole rings is 1. The van der Waals surface area contributed by atoms with Crippen molar-refractivity contribution in [2.75, 3.05) is 5.32 Å². The fourth-order valence-electron chi connectivity index (χ4n) is 1.83. The number of benzene rings is 1. The molecular weight excluding hydrogens is 246 g/mol. The minimum absolute atomic E-state index is 0.763. The molecule has 0 fully saturated rings. The average Bonchev–Trinajstić information content (AvgIpc) is 2.79. The molecule has 1 aromatic heterocycles. The zero-order valence-electron chi connectivity index (χ0n) is 10.8. The van der Waals surface area contributed by atoms with Crippen molar-refractivity contribution < 1.29 is 0 Å². The smallest absolute Gasteiger partial charge is 0.0948 e. The standard InChI is InChI=1S/C14H18ClN3/c1-3-6-18-10-16-8-13(18)9-17-12-5-4-11(2)14(15)7-12/h4-5,7-8,10,17H,3,6,9H2,1-2H3. The molecule has 2 aromatic rings. The number of nitrogens with zero attached hydrogens (tertiary/aromatic N) is 2. The number of halogens is 1. The van der Waals surface area contributed by atoms with E-state index in [1.165, 1.54) is 5.69 Å². The monoisotopic (exact) mass is 263 g/mol. The molecule has 4 heteroatoms. The fourth-order valence-corrected chi connectivity index (χ4v) is 2.01. The number of aromatic nitrogens is 2. The van der Waals surface area contributed by atoms with E-state index in [9.17, 15) is 0 Å². The maximum absolute atomic E-state index is 6.10. The molecule has 0 atom stereocenters. The van der Waals surface area contributed by atoms with Gasteiger partial charge in [-0.1, -0.05) is 24.6 Å². The third kappa shape index (κ3) is 3.05. The average molecular weight is 264 g/mol. The van der Waals surface area contributed by atoms with Crippen molar-refractivity contribution in [3.05, 3.63) is 47.0 Å². The zero-order valence-corrected chi connectivity index (χ0v) is 11.5. The van der Waals surface area contributed by atoms with Crippen LogP contribution in [-0.4, -0.2) is 9.55 Å². The van der Waals surface area contributed by atoms with Gasteiger partial charge in [0.05, 0.1) is 18.6 Å². The molecule has 3 nitrogen and oxygen atoms in total. The number of hydrogen-bond acceptors (Lipinski definition) is 2. The highest BCUT2D eigenvalue weighted by Gasteiger charge is 2.02. The van der Waals surface area contributed by atoms with Crippen LogP contribution in [0.2, 0.25) is 5.02 Å². The van der Waals surface area contributed by atoms with Gasteiger partial charge in [-0.05, 0) is 31.0 Å². The van der Waals surface area contributed by atoms with Gasteiger partial charge in [-0.3, -0.25) is 0 Å². The van der Waals surface area contributed by atoms with Crippen LogP contribution in [-0.2, 0) is 13.1 Å². The van der Waals surface area contributed by atoms with Gasteiger partial charge in [-0.2, -0.15) is 0 Å². The van der Waals surface area contributed by atoms with E-state index in [1.54, 1.807) is 0 Å². The van der Waals surface area contributed by atoms with Crippen LogP contribution in [0.1, 0.15) is 24.6 Å². The topological polar surface area (TPSA) is 29.9 Å². The second kappa shape index (κ2) is 5.91. The number of nitrogens with one attached hydrogen (secondary N) is 1. The molecule has 2 rings (SSSR count). The molecule has 0 saturated heterocycles. The molecule has 0 spiro atoms. The van der Waals surface area contributed by atoms with Crippen molar-refractivity contribution in [1.82, 2.24) is 9.55 Å². The van der Waals surface area contributed by atoms with Crippen molar-refractivity contribution in [2.45, 2.75) is 33.4 Å². The molecule has 0 amide bonds. The Bertz CT molecular complexity index is 520. The number of rotatable bonds is 5. The predicted octanol–water partition coefficient (Wildman–Crippen LogP) is 3.87. The summed E-state index contributed by atoms with van der Waals surface area (Å²) in [6, 6.07) is 6.02. The highest BCUT2D eigenvalue weighted by Crippen LogP contribution is 2.20. The summed E-state index contributed by atoms with van der Waals surface area (Å²) in [6.45, 7) is 5.93. The Morgan fingerprint density at radius 2 is 2.22 bits per heavy atom. The molecule has 1 heterocycles. The van der Waals surface area contributed by atoms with Crippen molar-refractivity contribution >= 4 is 17.3 Å². The van der Waals surface area contributed by atoms with E-state index in [0.717, 1.165) is 35.8 Å². The molecule has 0 aliphatic rings. The Morgan fingerprint density at radius 1 is 1.39 bits per heavy atom. The molecule has 0 bridgehead atoms. The fraction of sp³-hybridized carbons (Fsp3) is 0.357. The summed E-state index contributed by atoms with van der Waals surface area (Å²) < 4.78 is 2.17. The van der Waals surface area contributed by atoms with Gasteiger partial charge in [0, 0.05) is 23.5 Å². The van der Waals surface area contributed by atoms with Crippen LogP contribution < -0.4 is 5.32 Å². The summed E-state index contributed by atoms with van der Waals surface area (Å²) >= 11 is 6.10. The lowest BCUT2D eigenvalue weighted by atomic mass is 10.2. The van der Waals surface area contributed by atoms with E-state index in [2.05, 4.69) is 21.8 Å². The molecule has 0 aliphatic carbocycles. The molecule has 1 N–H and O–H groups in total. The maximum atomic E-state index is 6.10. The van der Waals surface area contributed by atoms with Crippen LogP contribution >= 0.6 is 11.6 Å². The first kappa shape index (κ1) is 13.0. The van der Waals surface area contributed by atoms with Gasteiger partial charge < -0.3 is 9.88 Å². The summed E-state index contributed by atoms with van der Waals surface area (Å²) in [6.07, 6.45) is 4.89. The highest BCUT2D eigenvalue weighted by molar-refractivity contribution is 6.31. The molecule has 1 aromatic carbocycles. The second-order valence-electron chi connectivity index (χ2n) is 4.40. The predicted molar refractivity (Wildman–Crippen MR) is 76.0 cm³/mol. The first-order valence-corrected chi connectivity index (χ1v) is 6.57. The largest absolute Gasteiger partial charge is 0.379 e. The molecule has 96 valence electrons. The molecule has 0 aliphatic heterocycles. The SMILES string of the molecule is CCCn1cncc1CNc1ccc(C)c(Cl)c1. The third-order valence-corrected chi connectivity index (χ3v) is 3.32. The van der Waals surface area contributed by atoms with Crippen LogP contribution in [0.25, 0.3) is 0 Å². The summed E-state index contributed by atoms with van der Waals surface area (Å²) in [4.78, 5) is 4.18. The van der Waals surface area contributed by atoms with Gasteiger partial charge in [0.1, 0.15) is 0 Å². The van der Waals surface area contributed by atoms with Crippen LogP contribution in [0.15, 0.2) is 30.7 Å². The van der Waals surface area contributed by atoms with Gasteiger partial charge >= 0.3 is 0 Å². The van der Waals surface area contributed by atoms with Crippen molar-refractivity contribution in [3.8, 4) is 0 Å². The van der Waals surface area contributed by atoms with Gasteiger partial charge in [-0.15, -0.1) is 0 Å². The van der Waals surface area contributed by atoms with E-state index in [1.807, 2.05) is 37.6 Å². The second-order valence-corrected chi connectivity index (χ2v) is 4.80. The molecule has 18 heavy (non-hydrogen) atoms. The number of aryl methyl sites for hydroxylation is 2. The number of anilines is 1. The summed E-state index contributed by atoms with van der Waals surface area (Å²) in [5, 5.41) is 4.16. The van der Waals surface area contributed by atoms with Gasteiger partial charge in [0.15, 0.2) is 0 Å². The van der Waals surface area contributed by atoms with Crippen LogP contribution in [0.5, 0.6) is 0 Å². The Hall–Kier alpha value is -1.48. The Morgan fingerprint density at radius 3 is 2.94 bits per heavy atom. The molecule has 0 saturated carbocycles. The minimum atomic E-state index is 0.763. The minimum Gasteiger partial charge on any atom is -0.379 e. The van der Waals surface area contributed by atoms with Gasteiger partial charge in [-0.25, -0.2) is 4.98 Å². The summed E-state index contributed by atoms with van der Waals surface area (Å²) in [5.74, 6) is 0. The van der Waals surface area contributed by atoms with Crippen molar-refractivity contribution in [3.63, 3.8) is 0 Å². The Kier molecular flexibility index (Phi) is 4.26. The first-order valence-electron chi connectivity index (χ1n) is 6.19. The van der Waals surface area contributed by atoms with E-state index >= 15 is 0 Å². The normalized spacial score (nSPS) is 10.6. The molecular formula is C14H18ClN3. The Labute approximate surface area is 113 Å². The van der Waals surface area contributed by atoms with Crippen LogP contribution in [0.4, 0.5) is 5.69 Å². The van der Waals surface area contributed by atoms with E-state index in [-0.39, 0.29) is 0 Å². The molecule has 0 unspecified atom stereocenters. The van der Waals surface area contributed by atoms with Crippen LogP contribution in [0, 0.1) is 6.92 Å².